The normalized spacial score (nSPS) is 15.5. The van der Waals surface area contributed by atoms with Gasteiger partial charge in [0.15, 0.2) is 0 Å². The maximum absolute atomic E-state index is 12.1. The summed E-state index contributed by atoms with van der Waals surface area (Å²) in [6.07, 6.45) is 4.44. The third-order valence-corrected chi connectivity index (χ3v) is 4.66. The average molecular weight is 348 g/mol. The minimum atomic E-state index is -0.195. The van der Waals surface area contributed by atoms with Gasteiger partial charge in [-0.2, -0.15) is 0 Å². The number of benzene rings is 1. The van der Waals surface area contributed by atoms with Crippen molar-refractivity contribution in [3.63, 3.8) is 0 Å². The van der Waals surface area contributed by atoms with Crippen molar-refractivity contribution in [1.29, 1.82) is 0 Å². The molecule has 6 heteroatoms. The number of amides is 2. The van der Waals surface area contributed by atoms with Crippen LogP contribution < -0.4 is 20.1 Å². The van der Waals surface area contributed by atoms with Gasteiger partial charge in [-0.1, -0.05) is 12.8 Å². The highest BCUT2D eigenvalue weighted by Crippen LogP contribution is 2.29. The number of carbonyl (C=O) groups excluding carboxylic acids is 2. The van der Waals surface area contributed by atoms with Crippen LogP contribution in [0.2, 0.25) is 0 Å². The van der Waals surface area contributed by atoms with E-state index in [-0.39, 0.29) is 30.2 Å². The highest BCUT2D eigenvalue weighted by molar-refractivity contribution is 5.80. The summed E-state index contributed by atoms with van der Waals surface area (Å²) in [5.74, 6) is 1.48. The lowest BCUT2D eigenvalue weighted by molar-refractivity contribution is -0.125. The van der Waals surface area contributed by atoms with E-state index >= 15 is 0 Å². The maximum atomic E-state index is 12.1. The lowest BCUT2D eigenvalue weighted by atomic mass is 10.1. The summed E-state index contributed by atoms with van der Waals surface area (Å²) in [4.78, 5) is 24.1. The summed E-state index contributed by atoms with van der Waals surface area (Å²) in [5.41, 5.74) is 0.881. The molecule has 6 nitrogen and oxygen atoms in total. The molecule has 2 N–H and O–H groups in total. The van der Waals surface area contributed by atoms with Gasteiger partial charge in [0, 0.05) is 30.5 Å². The lowest BCUT2D eigenvalue weighted by Crippen LogP contribution is -2.34. The second-order valence-corrected chi connectivity index (χ2v) is 6.42. The molecule has 0 spiro atoms. The van der Waals surface area contributed by atoms with E-state index in [0.717, 1.165) is 31.2 Å². The van der Waals surface area contributed by atoms with Crippen LogP contribution in [-0.4, -0.2) is 32.6 Å². The van der Waals surface area contributed by atoms with Crippen molar-refractivity contribution in [2.45, 2.75) is 45.1 Å². The molecular formula is C19H28N2O4. The molecule has 0 bridgehead atoms. The largest absolute Gasteiger partial charge is 0.497 e. The Balaban J connectivity index is 1.80. The SMILES string of the molecule is COc1ccc([C@H](C)NC(=O)CCNC(=O)C2CCCC2)c(OC)c1. The first-order chi connectivity index (χ1) is 12.0. The molecule has 0 aromatic heterocycles. The minimum Gasteiger partial charge on any atom is -0.497 e. The number of ether oxygens (including phenoxy) is 2. The maximum Gasteiger partial charge on any atom is 0.223 e. The average Bonchev–Trinajstić information content (AvgIpc) is 3.15. The minimum absolute atomic E-state index is 0.0789. The smallest absolute Gasteiger partial charge is 0.223 e. The molecule has 1 aliphatic carbocycles. The van der Waals surface area contributed by atoms with Crippen LogP contribution in [0.1, 0.15) is 50.6 Å². The zero-order valence-electron chi connectivity index (χ0n) is 15.3. The van der Waals surface area contributed by atoms with Gasteiger partial charge in [-0.25, -0.2) is 0 Å². The van der Waals surface area contributed by atoms with E-state index in [1.807, 2.05) is 19.1 Å². The quantitative estimate of drug-likeness (QED) is 0.757. The Labute approximate surface area is 149 Å². The molecular weight excluding hydrogens is 320 g/mol. The third-order valence-electron chi connectivity index (χ3n) is 4.66. The van der Waals surface area contributed by atoms with E-state index in [9.17, 15) is 9.59 Å². The van der Waals surface area contributed by atoms with E-state index in [2.05, 4.69) is 10.6 Å². The first-order valence-corrected chi connectivity index (χ1v) is 8.84. The molecule has 1 fully saturated rings. The first-order valence-electron chi connectivity index (χ1n) is 8.84. The zero-order valence-corrected chi connectivity index (χ0v) is 15.3. The molecule has 0 aliphatic heterocycles. The topological polar surface area (TPSA) is 76.7 Å². The zero-order chi connectivity index (χ0) is 18.2. The van der Waals surface area contributed by atoms with Crippen LogP contribution in [0.4, 0.5) is 0 Å². The molecule has 0 heterocycles. The van der Waals surface area contributed by atoms with Crippen molar-refractivity contribution >= 4 is 11.8 Å². The highest BCUT2D eigenvalue weighted by Gasteiger charge is 2.22. The summed E-state index contributed by atoms with van der Waals surface area (Å²) < 4.78 is 10.6. The Hall–Kier alpha value is -2.24. The van der Waals surface area contributed by atoms with E-state index in [0.29, 0.717) is 18.0 Å². The van der Waals surface area contributed by atoms with Gasteiger partial charge in [0.25, 0.3) is 0 Å². The Bertz CT molecular complexity index is 597. The van der Waals surface area contributed by atoms with Gasteiger partial charge in [-0.05, 0) is 31.9 Å². The molecule has 0 unspecified atom stereocenters. The van der Waals surface area contributed by atoms with Gasteiger partial charge in [0.2, 0.25) is 11.8 Å². The Morgan fingerprint density at radius 2 is 1.92 bits per heavy atom. The fourth-order valence-corrected chi connectivity index (χ4v) is 3.20. The summed E-state index contributed by atoms with van der Waals surface area (Å²) in [7, 11) is 3.19. The number of hydrogen-bond acceptors (Lipinski definition) is 4. The number of carbonyl (C=O) groups is 2. The van der Waals surface area contributed by atoms with E-state index < -0.39 is 0 Å². The second-order valence-electron chi connectivity index (χ2n) is 6.42. The predicted octanol–water partition coefficient (Wildman–Crippen LogP) is 2.58. The molecule has 0 radical (unpaired) electrons. The van der Waals surface area contributed by atoms with E-state index in [1.54, 1.807) is 20.3 Å². The van der Waals surface area contributed by atoms with Crippen molar-refractivity contribution in [2.24, 2.45) is 5.92 Å². The Kier molecular flexibility index (Phi) is 7.10. The highest BCUT2D eigenvalue weighted by atomic mass is 16.5. The van der Waals surface area contributed by atoms with Gasteiger partial charge < -0.3 is 20.1 Å². The summed E-state index contributed by atoms with van der Waals surface area (Å²) in [5, 5.41) is 5.81. The molecule has 1 saturated carbocycles. The number of hydrogen-bond donors (Lipinski definition) is 2. The summed E-state index contributed by atoms with van der Waals surface area (Å²) in [6, 6.07) is 5.31. The van der Waals surface area contributed by atoms with Crippen LogP contribution in [0.3, 0.4) is 0 Å². The van der Waals surface area contributed by atoms with Gasteiger partial charge >= 0.3 is 0 Å². The van der Waals surface area contributed by atoms with Gasteiger partial charge in [0.1, 0.15) is 11.5 Å². The van der Waals surface area contributed by atoms with Crippen molar-refractivity contribution in [1.82, 2.24) is 10.6 Å². The summed E-state index contributed by atoms with van der Waals surface area (Å²) >= 11 is 0. The van der Waals surface area contributed by atoms with Gasteiger partial charge in [-0.3, -0.25) is 9.59 Å². The van der Waals surface area contributed by atoms with Gasteiger partial charge in [-0.15, -0.1) is 0 Å². The van der Waals surface area contributed by atoms with Crippen molar-refractivity contribution in [3.8, 4) is 11.5 Å². The van der Waals surface area contributed by atoms with E-state index in [1.165, 1.54) is 0 Å². The van der Waals surface area contributed by atoms with Crippen LogP contribution >= 0.6 is 0 Å². The van der Waals surface area contributed by atoms with Crippen molar-refractivity contribution in [2.75, 3.05) is 20.8 Å². The van der Waals surface area contributed by atoms with Gasteiger partial charge in [0.05, 0.1) is 20.3 Å². The fraction of sp³-hybridized carbons (Fsp3) is 0.579. The number of nitrogens with one attached hydrogen (secondary N) is 2. The standard InChI is InChI=1S/C19H28N2O4/c1-13(16-9-8-15(24-2)12-17(16)25-3)21-18(22)10-11-20-19(23)14-6-4-5-7-14/h8-9,12-14H,4-7,10-11H2,1-3H3,(H,20,23)(H,21,22)/t13-/m0/s1. The summed E-state index contributed by atoms with van der Waals surface area (Å²) in [6.45, 7) is 2.27. The molecule has 1 atom stereocenters. The molecule has 25 heavy (non-hydrogen) atoms. The Morgan fingerprint density at radius 1 is 1.20 bits per heavy atom. The van der Waals surface area contributed by atoms with Crippen LogP contribution in [0.25, 0.3) is 0 Å². The van der Waals surface area contributed by atoms with Crippen LogP contribution in [0.15, 0.2) is 18.2 Å². The molecule has 0 saturated heterocycles. The molecule has 2 rings (SSSR count). The number of rotatable bonds is 8. The van der Waals surface area contributed by atoms with Crippen molar-refractivity contribution < 1.29 is 19.1 Å². The lowest BCUT2D eigenvalue weighted by Gasteiger charge is -2.18. The number of methoxy groups -OCH3 is 2. The monoisotopic (exact) mass is 348 g/mol. The molecule has 1 aliphatic rings. The third kappa shape index (κ3) is 5.37. The fourth-order valence-electron chi connectivity index (χ4n) is 3.20. The van der Waals surface area contributed by atoms with Crippen LogP contribution in [-0.2, 0) is 9.59 Å². The van der Waals surface area contributed by atoms with Crippen molar-refractivity contribution in [3.05, 3.63) is 23.8 Å². The van der Waals surface area contributed by atoms with Crippen LogP contribution in [0, 0.1) is 5.92 Å². The second kappa shape index (κ2) is 9.30. The molecule has 2 amide bonds. The van der Waals surface area contributed by atoms with Crippen LogP contribution in [0.5, 0.6) is 11.5 Å². The predicted molar refractivity (Wildman–Crippen MR) is 95.7 cm³/mol. The molecule has 138 valence electrons. The Morgan fingerprint density at radius 3 is 2.56 bits per heavy atom. The molecule has 1 aromatic carbocycles. The molecule has 1 aromatic rings. The van der Waals surface area contributed by atoms with E-state index in [4.69, 9.17) is 9.47 Å². The first kappa shape index (κ1) is 19.1.